The third-order valence-corrected chi connectivity index (χ3v) is 4.40. The molecule has 17 heavy (non-hydrogen) atoms. The van der Waals surface area contributed by atoms with Gasteiger partial charge in [0.2, 0.25) is 0 Å². The Bertz CT molecular complexity index is 253. The fourth-order valence-corrected chi connectivity index (χ4v) is 3.08. The summed E-state index contributed by atoms with van der Waals surface area (Å²) in [5, 5.41) is 8.54. The van der Waals surface area contributed by atoms with Crippen LogP contribution >= 0.6 is 21.6 Å². The van der Waals surface area contributed by atoms with Crippen LogP contribution in [0.2, 0.25) is 0 Å². The van der Waals surface area contributed by atoms with Crippen LogP contribution in [0.3, 0.4) is 0 Å². The Kier molecular flexibility index (Phi) is 9.33. The highest BCUT2D eigenvalue weighted by molar-refractivity contribution is 8.76. The number of carbonyl (C=O) groups excluding carboxylic acids is 1. The smallest absolute Gasteiger partial charge is 0.322 e. The van der Waals surface area contributed by atoms with Crippen LogP contribution in [0.4, 0.5) is 0 Å². The predicted molar refractivity (Wildman–Crippen MR) is 69.8 cm³/mol. The molecular weight excluding hydrogens is 264 g/mol. The normalized spacial score (nSPS) is 14.1. The number of rotatable bonds is 9. The summed E-state index contributed by atoms with van der Waals surface area (Å²) < 4.78 is 4.49. The van der Waals surface area contributed by atoms with Gasteiger partial charge in [0.15, 0.2) is 0 Å². The zero-order chi connectivity index (χ0) is 13.3. The maximum Gasteiger partial charge on any atom is 0.322 e. The van der Waals surface area contributed by atoms with Gasteiger partial charge in [-0.1, -0.05) is 21.6 Å². The molecule has 0 fully saturated rings. The van der Waals surface area contributed by atoms with Gasteiger partial charge >= 0.3 is 11.9 Å². The number of methoxy groups -OCH3 is 1. The minimum atomic E-state index is -0.983. The number of nitrogens with two attached hydrogens (primary N) is 2. The van der Waals surface area contributed by atoms with E-state index in [0.29, 0.717) is 24.3 Å². The van der Waals surface area contributed by atoms with Gasteiger partial charge in [0.05, 0.1) is 7.11 Å². The first-order valence-corrected chi connectivity index (χ1v) is 7.54. The van der Waals surface area contributed by atoms with Crippen LogP contribution in [-0.2, 0) is 14.3 Å². The summed E-state index contributed by atoms with van der Waals surface area (Å²) in [7, 11) is 4.37. The van der Waals surface area contributed by atoms with Crippen molar-refractivity contribution in [2.24, 2.45) is 11.5 Å². The molecule has 0 aromatic heterocycles. The van der Waals surface area contributed by atoms with E-state index in [2.05, 4.69) is 4.74 Å². The van der Waals surface area contributed by atoms with Crippen LogP contribution in [0.1, 0.15) is 12.8 Å². The molecule has 0 aliphatic rings. The van der Waals surface area contributed by atoms with E-state index in [4.69, 9.17) is 16.6 Å². The van der Waals surface area contributed by atoms with Crippen molar-refractivity contribution in [2.75, 3.05) is 18.6 Å². The fourth-order valence-electron chi connectivity index (χ4n) is 0.861. The lowest BCUT2D eigenvalue weighted by Crippen LogP contribution is -2.32. The molecule has 0 aliphatic heterocycles. The molecule has 5 N–H and O–H groups in total. The highest BCUT2D eigenvalue weighted by Gasteiger charge is 2.13. The molecule has 8 heteroatoms. The van der Waals surface area contributed by atoms with Crippen LogP contribution < -0.4 is 11.5 Å². The van der Waals surface area contributed by atoms with E-state index in [1.165, 1.54) is 17.9 Å². The van der Waals surface area contributed by atoms with E-state index in [9.17, 15) is 9.59 Å². The Hall–Kier alpha value is -0.440. The third kappa shape index (κ3) is 8.31. The van der Waals surface area contributed by atoms with Gasteiger partial charge in [-0.05, 0) is 12.8 Å². The van der Waals surface area contributed by atoms with Gasteiger partial charge in [-0.25, -0.2) is 0 Å². The van der Waals surface area contributed by atoms with Crippen molar-refractivity contribution in [2.45, 2.75) is 24.9 Å². The molecule has 0 bridgehead atoms. The number of ether oxygens (including phenoxy) is 1. The topological polar surface area (TPSA) is 116 Å². The lowest BCUT2D eigenvalue weighted by Gasteiger charge is -2.08. The van der Waals surface area contributed by atoms with Crippen molar-refractivity contribution in [1.29, 1.82) is 0 Å². The molecule has 0 saturated carbocycles. The van der Waals surface area contributed by atoms with Gasteiger partial charge in [0.1, 0.15) is 12.1 Å². The first kappa shape index (κ1) is 16.6. The first-order chi connectivity index (χ1) is 7.99. The van der Waals surface area contributed by atoms with Crippen LogP contribution in [0.25, 0.3) is 0 Å². The fraction of sp³-hybridized carbons (Fsp3) is 0.778. The molecule has 0 heterocycles. The molecule has 6 nitrogen and oxygen atoms in total. The van der Waals surface area contributed by atoms with Gasteiger partial charge < -0.3 is 21.3 Å². The van der Waals surface area contributed by atoms with E-state index >= 15 is 0 Å². The second-order valence-electron chi connectivity index (χ2n) is 3.30. The summed E-state index contributed by atoms with van der Waals surface area (Å²) >= 11 is 0. The Morgan fingerprint density at radius 1 is 1.18 bits per heavy atom. The molecule has 2 unspecified atom stereocenters. The standard InChI is InChI=1S/C9H18N2O4S2/c1-15-9(14)7(11)3-5-17-16-4-2-6(10)8(12)13/h6-7H,2-5,10-11H2,1H3,(H,12,13). The number of carboxylic acids is 1. The van der Waals surface area contributed by atoms with Gasteiger partial charge in [0.25, 0.3) is 0 Å². The maximum atomic E-state index is 11.0. The van der Waals surface area contributed by atoms with Crippen LogP contribution in [0, 0.1) is 0 Å². The largest absolute Gasteiger partial charge is 0.480 e. The lowest BCUT2D eigenvalue weighted by molar-refractivity contribution is -0.142. The molecule has 0 amide bonds. The van der Waals surface area contributed by atoms with E-state index in [-0.39, 0.29) is 0 Å². The monoisotopic (exact) mass is 282 g/mol. The van der Waals surface area contributed by atoms with Crippen molar-refractivity contribution in [3.63, 3.8) is 0 Å². The van der Waals surface area contributed by atoms with Gasteiger partial charge in [-0.2, -0.15) is 0 Å². The van der Waals surface area contributed by atoms with Gasteiger partial charge in [0, 0.05) is 11.5 Å². The number of hydrogen-bond acceptors (Lipinski definition) is 7. The zero-order valence-electron chi connectivity index (χ0n) is 9.63. The molecule has 0 saturated heterocycles. The van der Waals surface area contributed by atoms with Crippen molar-refractivity contribution >= 4 is 33.5 Å². The molecule has 0 rings (SSSR count). The molecule has 100 valence electrons. The van der Waals surface area contributed by atoms with Gasteiger partial charge in [-0.3, -0.25) is 9.59 Å². The zero-order valence-corrected chi connectivity index (χ0v) is 11.3. The van der Waals surface area contributed by atoms with Crippen molar-refractivity contribution in [3.05, 3.63) is 0 Å². The SMILES string of the molecule is COC(=O)C(N)CCSSCCC(N)C(=O)O. The highest BCUT2D eigenvalue weighted by atomic mass is 33.1. The predicted octanol–water partition coefficient (Wildman–Crippen LogP) is 0.0602. The Balaban J connectivity index is 3.41. The molecular formula is C9H18N2O4S2. The van der Waals surface area contributed by atoms with Crippen molar-refractivity contribution < 1.29 is 19.4 Å². The van der Waals surface area contributed by atoms with E-state index in [0.717, 1.165) is 0 Å². The second-order valence-corrected chi connectivity index (χ2v) is 6.00. The molecule has 0 aromatic carbocycles. The summed E-state index contributed by atoms with van der Waals surface area (Å²) in [5.74, 6) is -0.0266. The lowest BCUT2D eigenvalue weighted by atomic mass is 10.2. The number of hydrogen-bond donors (Lipinski definition) is 3. The summed E-state index contributed by atoms with van der Waals surface area (Å²) in [5.41, 5.74) is 10.9. The van der Waals surface area contributed by atoms with Crippen molar-refractivity contribution in [3.8, 4) is 0 Å². The molecule has 0 aromatic rings. The first-order valence-electron chi connectivity index (χ1n) is 5.05. The van der Waals surface area contributed by atoms with E-state index in [1.54, 1.807) is 10.8 Å². The minimum absolute atomic E-state index is 0.413. The molecule has 2 atom stereocenters. The second kappa shape index (κ2) is 9.58. The van der Waals surface area contributed by atoms with E-state index in [1.807, 2.05) is 0 Å². The Morgan fingerprint density at radius 3 is 2.06 bits per heavy atom. The summed E-state index contributed by atoms with van der Waals surface area (Å²) in [6, 6.07) is -1.39. The van der Waals surface area contributed by atoms with Crippen LogP contribution in [-0.4, -0.2) is 47.7 Å². The molecule has 0 radical (unpaired) electrons. The number of aliphatic carboxylic acids is 1. The summed E-state index contributed by atoms with van der Waals surface area (Å²) in [6.07, 6.45) is 0.964. The highest BCUT2D eigenvalue weighted by Crippen LogP contribution is 2.23. The number of carbonyl (C=O) groups is 2. The molecule has 0 aliphatic carbocycles. The van der Waals surface area contributed by atoms with Crippen LogP contribution in [0.5, 0.6) is 0 Å². The Labute approximate surface area is 108 Å². The average Bonchev–Trinajstić information content (AvgIpc) is 2.31. The van der Waals surface area contributed by atoms with Gasteiger partial charge in [-0.15, -0.1) is 0 Å². The molecule has 0 spiro atoms. The number of esters is 1. The average molecular weight is 282 g/mol. The number of carboxylic acid groups (broad SMARTS) is 1. The summed E-state index contributed by atoms with van der Waals surface area (Å²) in [6.45, 7) is 0. The minimum Gasteiger partial charge on any atom is -0.480 e. The quantitative estimate of drug-likeness (QED) is 0.309. The third-order valence-electron chi connectivity index (χ3n) is 1.93. The Morgan fingerprint density at radius 2 is 1.65 bits per heavy atom. The maximum absolute atomic E-state index is 11.0. The van der Waals surface area contributed by atoms with Crippen molar-refractivity contribution in [1.82, 2.24) is 0 Å². The van der Waals surface area contributed by atoms with E-state index < -0.39 is 24.0 Å². The summed E-state index contributed by atoms with van der Waals surface area (Å²) in [4.78, 5) is 21.4. The van der Waals surface area contributed by atoms with Crippen LogP contribution in [0.15, 0.2) is 0 Å².